The number of alkyl halides is 1. The van der Waals surface area contributed by atoms with Gasteiger partial charge in [-0.1, -0.05) is 72.8 Å². The number of hydrogen-bond acceptors (Lipinski definition) is 9. The third kappa shape index (κ3) is 7.39. The van der Waals surface area contributed by atoms with Crippen molar-refractivity contribution in [1.29, 1.82) is 0 Å². The maximum absolute atomic E-state index is 13.4. The fourth-order valence-electron chi connectivity index (χ4n) is 4.48. The summed E-state index contributed by atoms with van der Waals surface area (Å²) in [6.07, 6.45) is -4.04. The molecule has 0 N–H and O–H groups in total. The first-order valence-electron chi connectivity index (χ1n) is 13.7. The van der Waals surface area contributed by atoms with E-state index in [1.807, 2.05) is 0 Å². The van der Waals surface area contributed by atoms with Gasteiger partial charge in [0.05, 0.1) is 28.9 Å². The van der Waals surface area contributed by atoms with E-state index < -0.39 is 53.3 Å². The first-order chi connectivity index (χ1) is 21.3. The highest BCUT2D eigenvalue weighted by Crippen LogP contribution is 2.38. The number of rotatable bonds is 9. The molecular formula is C34H27BrO9. The summed E-state index contributed by atoms with van der Waals surface area (Å²) in [5.74, 6) is -2.88. The zero-order chi connectivity index (χ0) is 30.9. The predicted molar refractivity (Wildman–Crippen MR) is 161 cm³/mol. The van der Waals surface area contributed by atoms with Crippen LogP contribution < -0.4 is 0 Å². The second-order valence-electron chi connectivity index (χ2n) is 9.78. The number of carbonyl (C=O) groups excluding carboxylic acids is 4. The van der Waals surface area contributed by atoms with Gasteiger partial charge in [-0.15, -0.1) is 0 Å². The van der Waals surface area contributed by atoms with E-state index in [1.54, 1.807) is 121 Å². The van der Waals surface area contributed by atoms with Crippen molar-refractivity contribution in [3.05, 3.63) is 144 Å². The molecule has 0 spiro atoms. The summed E-state index contributed by atoms with van der Waals surface area (Å²) < 4.78 is 27.5. The van der Waals surface area contributed by atoms with E-state index in [0.29, 0.717) is 5.56 Å². The molecule has 1 aliphatic heterocycles. The van der Waals surface area contributed by atoms with E-state index in [2.05, 4.69) is 15.9 Å². The lowest BCUT2D eigenvalue weighted by Crippen LogP contribution is -2.63. The molecule has 9 nitrogen and oxygen atoms in total. The van der Waals surface area contributed by atoms with E-state index >= 15 is 0 Å². The van der Waals surface area contributed by atoms with Crippen molar-refractivity contribution >= 4 is 39.8 Å². The van der Waals surface area contributed by atoms with Gasteiger partial charge < -0.3 is 23.7 Å². The zero-order valence-corrected chi connectivity index (χ0v) is 24.8. The van der Waals surface area contributed by atoms with Gasteiger partial charge in [0.15, 0.2) is 22.8 Å². The van der Waals surface area contributed by atoms with E-state index in [-0.39, 0.29) is 23.3 Å². The van der Waals surface area contributed by atoms with Crippen molar-refractivity contribution in [2.24, 2.45) is 0 Å². The summed E-state index contributed by atoms with van der Waals surface area (Å²) in [6, 6.07) is 32.9. The normalized spacial score (nSPS) is 21.0. The van der Waals surface area contributed by atoms with Crippen LogP contribution >= 0.6 is 15.9 Å². The molecule has 0 aliphatic carbocycles. The van der Waals surface area contributed by atoms with Crippen molar-refractivity contribution in [3.63, 3.8) is 0 Å². The predicted octanol–water partition coefficient (Wildman–Crippen LogP) is 5.64. The number of esters is 4. The number of carbonyl (C=O) groups is 4. The summed E-state index contributed by atoms with van der Waals surface area (Å²) >= 11 is 3.48. The number of ether oxygens (including phenoxy) is 5. The molecule has 0 radical (unpaired) electrons. The molecule has 10 heteroatoms. The molecule has 1 fully saturated rings. The fourth-order valence-corrected chi connectivity index (χ4v) is 5.08. The van der Waals surface area contributed by atoms with Crippen molar-refractivity contribution in [1.82, 2.24) is 0 Å². The van der Waals surface area contributed by atoms with Crippen molar-refractivity contribution in [2.45, 2.75) is 22.8 Å². The lowest BCUT2D eigenvalue weighted by atomic mass is 9.98. The van der Waals surface area contributed by atoms with Crippen LogP contribution in [0.15, 0.2) is 121 Å². The molecule has 5 rings (SSSR count). The Morgan fingerprint density at radius 1 is 0.591 bits per heavy atom. The number of benzene rings is 4. The zero-order valence-electron chi connectivity index (χ0n) is 23.2. The first-order valence-corrected chi connectivity index (χ1v) is 14.5. The number of hydrogen-bond donors (Lipinski definition) is 0. The van der Waals surface area contributed by atoms with Crippen LogP contribution in [0.1, 0.15) is 41.4 Å². The Balaban J connectivity index is 1.48. The first kappa shape index (κ1) is 30.7. The molecule has 4 atom stereocenters. The Morgan fingerprint density at radius 2 is 0.977 bits per heavy atom. The standard InChI is InChI=1S/C34H27BrO9/c35-34(22-40-30(36)23-13-5-1-6-14-23)29(44-33(39)26-19-11-4-12-20-26)28(43-32(38)25-17-9-3-10-18-25)27(21-41-34)42-31(37)24-15-7-2-8-16-24/h1-20,27-29H,21-22H2/t27-,28+,29-,34+/m0/s1. The molecule has 0 saturated carbocycles. The lowest BCUT2D eigenvalue weighted by molar-refractivity contribution is -0.208. The summed E-state index contributed by atoms with van der Waals surface area (Å²) in [5.41, 5.74) is 0.973. The highest BCUT2D eigenvalue weighted by molar-refractivity contribution is 9.10. The Hall–Kier alpha value is -4.80. The van der Waals surface area contributed by atoms with E-state index in [4.69, 9.17) is 23.7 Å². The van der Waals surface area contributed by atoms with Crippen LogP contribution in [0.3, 0.4) is 0 Å². The maximum atomic E-state index is 13.4. The highest BCUT2D eigenvalue weighted by Gasteiger charge is 2.56. The second kappa shape index (κ2) is 14.1. The summed E-state index contributed by atoms with van der Waals surface area (Å²) in [6.45, 7) is -0.745. The van der Waals surface area contributed by atoms with Crippen LogP contribution in [0.4, 0.5) is 0 Å². The summed E-state index contributed by atoms with van der Waals surface area (Å²) in [7, 11) is 0. The molecule has 0 unspecified atom stereocenters. The van der Waals surface area contributed by atoms with E-state index in [9.17, 15) is 19.2 Å². The topological polar surface area (TPSA) is 114 Å². The van der Waals surface area contributed by atoms with Crippen LogP contribution in [0.2, 0.25) is 0 Å². The third-order valence-corrected chi connectivity index (χ3v) is 7.66. The molecule has 1 aliphatic rings. The third-order valence-electron chi connectivity index (χ3n) is 6.75. The lowest BCUT2D eigenvalue weighted by Gasteiger charge is -2.45. The van der Waals surface area contributed by atoms with Crippen LogP contribution in [-0.2, 0) is 23.7 Å². The molecule has 4 aromatic rings. The molecular weight excluding hydrogens is 632 g/mol. The van der Waals surface area contributed by atoms with Gasteiger partial charge in [0.1, 0.15) is 6.61 Å². The van der Waals surface area contributed by atoms with Crippen molar-refractivity contribution < 1.29 is 42.9 Å². The Kier molecular flexibility index (Phi) is 9.83. The van der Waals surface area contributed by atoms with Crippen molar-refractivity contribution in [2.75, 3.05) is 13.2 Å². The summed E-state index contributed by atoms with van der Waals surface area (Å²) in [5, 5.41) is 0. The average molecular weight is 659 g/mol. The molecule has 1 saturated heterocycles. The van der Waals surface area contributed by atoms with Gasteiger partial charge >= 0.3 is 23.9 Å². The van der Waals surface area contributed by atoms with Gasteiger partial charge in [0.25, 0.3) is 0 Å². The molecule has 0 aromatic heterocycles. The minimum Gasteiger partial charge on any atom is -0.458 e. The average Bonchev–Trinajstić information content (AvgIpc) is 3.08. The summed E-state index contributed by atoms with van der Waals surface area (Å²) in [4.78, 5) is 52.6. The molecule has 0 bridgehead atoms. The van der Waals surface area contributed by atoms with Crippen molar-refractivity contribution in [3.8, 4) is 0 Å². The Labute approximate surface area is 261 Å². The fraction of sp³-hybridized carbons (Fsp3) is 0.176. The molecule has 224 valence electrons. The maximum Gasteiger partial charge on any atom is 0.338 e. The molecule has 4 aromatic carbocycles. The molecule has 1 heterocycles. The van der Waals surface area contributed by atoms with Crippen LogP contribution in [-0.4, -0.2) is 59.9 Å². The van der Waals surface area contributed by atoms with E-state index in [0.717, 1.165) is 0 Å². The quantitative estimate of drug-likeness (QED) is 0.128. The van der Waals surface area contributed by atoms with Gasteiger partial charge in [0.2, 0.25) is 0 Å². The van der Waals surface area contributed by atoms with Gasteiger partial charge in [-0.05, 0) is 64.5 Å². The van der Waals surface area contributed by atoms with Gasteiger partial charge in [0, 0.05) is 0 Å². The largest absolute Gasteiger partial charge is 0.458 e. The Morgan fingerprint density at radius 3 is 1.43 bits per heavy atom. The molecule has 44 heavy (non-hydrogen) atoms. The minimum absolute atomic E-state index is 0.208. The second-order valence-corrected chi connectivity index (χ2v) is 11.1. The van der Waals surface area contributed by atoms with E-state index in [1.165, 1.54) is 0 Å². The SMILES string of the molecule is O=C(OC[C@@]1(Br)OC[C@H](OC(=O)c2ccccc2)[C@@H](OC(=O)c2ccccc2)[C@@H]1OC(=O)c1ccccc1)c1ccccc1. The van der Waals surface area contributed by atoms with Gasteiger partial charge in [-0.25, -0.2) is 19.2 Å². The highest BCUT2D eigenvalue weighted by atomic mass is 79.9. The van der Waals surface area contributed by atoms with Crippen LogP contribution in [0.25, 0.3) is 0 Å². The number of halogens is 1. The van der Waals surface area contributed by atoms with Crippen LogP contribution in [0, 0.1) is 0 Å². The Bertz CT molecular complexity index is 1580. The monoisotopic (exact) mass is 658 g/mol. The smallest absolute Gasteiger partial charge is 0.338 e. The molecule has 0 amide bonds. The van der Waals surface area contributed by atoms with Crippen LogP contribution in [0.5, 0.6) is 0 Å². The van der Waals surface area contributed by atoms with Gasteiger partial charge in [-0.2, -0.15) is 0 Å². The van der Waals surface area contributed by atoms with Gasteiger partial charge in [-0.3, -0.25) is 0 Å². The minimum atomic E-state index is -1.70.